The number of alkyl halides is 4. The molecule has 0 nitrogen and oxygen atoms in total. The van der Waals surface area contributed by atoms with E-state index in [1.54, 1.807) is 0 Å². The fraction of sp³-hybridized carbons (Fsp3) is 1.00. The molecule has 1 atom stereocenters. The standard InChI is InChI=1S/C4H6F3I/c1-4(6,7)3(8)2-5/h3H,2H2,1H3. The van der Waals surface area contributed by atoms with E-state index < -0.39 is 16.5 Å². The SMILES string of the molecule is CC(F)(F)C(I)CF. The van der Waals surface area contributed by atoms with E-state index in [2.05, 4.69) is 0 Å². The van der Waals surface area contributed by atoms with Crippen molar-refractivity contribution >= 4 is 22.6 Å². The third kappa shape index (κ3) is 2.74. The lowest BCUT2D eigenvalue weighted by atomic mass is 10.3. The van der Waals surface area contributed by atoms with Crippen molar-refractivity contribution in [1.29, 1.82) is 0 Å². The molecule has 0 aliphatic carbocycles. The average molecular weight is 238 g/mol. The van der Waals surface area contributed by atoms with Crippen molar-refractivity contribution in [3.63, 3.8) is 0 Å². The lowest BCUT2D eigenvalue weighted by Gasteiger charge is -2.12. The second-order valence-electron chi connectivity index (χ2n) is 1.58. The molecular formula is C4H6F3I. The molecule has 0 aromatic carbocycles. The lowest BCUT2D eigenvalue weighted by molar-refractivity contribution is 0.0189. The maximum Gasteiger partial charge on any atom is 0.259 e. The highest BCUT2D eigenvalue weighted by Gasteiger charge is 2.31. The summed E-state index contributed by atoms with van der Waals surface area (Å²) in [6.07, 6.45) is 0. The van der Waals surface area contributed by atoms with Crippen LogP contribution < -0.4 is 0 Å². The van der Waals surface area contributed by atoms with Crippen LogP contribution >= 0.6 is 22.6 Å². The molecular weight excluding hydrogens is 232 g/mol. The molecule has 0 saturated heterocycles. The molecule has 8 heavy (non-hydrogen) atoms. The molecule has 4 heteroatoms. The van der Waals surface area contributed by atoms with Gasteiger partial charge in [-0.2, -0.15) is 0 Å². The Hall–Kier alpha value is 0.520. The number of hydrogen-bond acceptors (Lipinski definition) is 0. The molecule has 50 valence electrons. The summed E-state index contributed by atoms with van der Waals surface area (Å²) in [4.78, 5) is 0. The van der Waals surface area contributed by atoms with E-state index >= 15 is 0 Å². The van der Waals surface area contributed by atoms with E-state index in [-0.39, 0.29) is 0 Å². The second kappa shape index (κ2) is 2.89. The van der Waals surface area contributed by atoms with Gasteiger partial charge in [-0.15, -0.1) is 0 Å². The zero-order valence-corrected chi connectivity index (χ0v) is 6.45. The van der Waals surface area contributed by atoms with Gasteiger partial charge in [-0.25, -0.2) is 13.2 Å². The molecule has 0 aromatic rings. The summed E-state index contributed by atoms with van der Waals surface area (Å²) < 4.78 is 34.0. The van der Waals surface area contributed by atoms with E-state index in [1.807, 2.05) is 0 Å². The van der Waals surface area contributed by atoms with Crippen LogP contribution in [-0.4, -0.2) is 16.5 Å². The van der Waals surface area contributed by atoms with Gasteiger partial charge in [0.1, 0.15) is 10.6 Å². The third-order valence-electron chi connectivity index (χ3n) is 0.685. The molecule has 0 spiro atoms. The van der Waals surface area contributed by atoms with Crippen LogP contribution in [0.25, 0.3) is 0 Å². The van der Waals surface area contributed by atoms with E-state index in [0.29, 0.717) is 6.92 Å². The zero-order chi connectivity index (χ0) is 6.78. The highest BCUT2D eigenvalue weighted by Crippen LogP contribution is 2.24. The zero-order valence-electron chi connectivity index (χ0n) is 4.30. The van der Waals surface area contributed by atoms with Crippen molar-refractivity contribution in [3.05, 3.63) is 0 Å². The molecule has 0 bridgehead atoms. The van der Waals surface area contributed by atoms with Crippen LogP contribution in [0.2, 0.25) is 0 Å². The lowest BCUT2D eigenvalue weighted by Crippen LogP contribution is -2.25. The van der Waals surface area contributed by atoms with Gasteiger partial charge in [0.2, 0.25) is 0 Å². The van der Waals surface area contributed by atoms with Crippen LogP contribution in [0, 0.1) is 0 Å². The highest BCUT2D eigenvalue weighted by molar-refractivity contribution is 14.1. The molecule has 0 rings (SSSR count). The van der Waals surface area contributed by atoms with Crippen LogP contribution in [0.15, 0.2) is 0 Å². The normalized spacial score (nSPS) is 16.1. The summed E-state index contributed by atoms with van der Waals surface area (Å²) in [7, 11) is 0. The first-order valence-corrected chi connectivity index (χ1v) is 3.31. The fourth-order valence-corrected chi connectivity index (χ4v) is 0.135. The summed E-state index contributed by atoms with van der Waals surface area (Å²) in [6, 6.07) is 0. The Bertz CT molecular complexity index is 68.2. The smallest absolute Gasteiger partial charge is 0.250 e. The van der Waals surface area contributed by atoms with Crippen molar-refractivity contribution < 1.29 is 13.2 Å². The average Bonchev–Trinajstić information content (AvgIpc) is 1.62. The van der Waals surface area contributed by atoms with E-state index in [4.69, 9.17) is 0 Å². The number of hydrogen-bond donors (Lipinski definition) is 0. The third-order valence-corrected chi connectivity index (χ3v) is 2.11. The second-order valence-corrected chi connectivity index (χ2v) is 3.08. The van der Waals surface area contributed by atoms with Gasteiger partial charge in [0.25, 0.3) is 5.92 Å². The van der Waals surface area contributed by atoms with Gasteiger partial charge in [-0.1, -0.05) is 22.6 Å². The first kappa shape index (κ1) is 8.52. The minimum absolute atomic E-state index is 0.712. The predicted octanol–water partition coefficient (Wildman–Crippen LogP) is 2.41. The first-order chi connectivity index (χ1) is 3.48. The van der Waals surface area contributed by atoms with Crippen LogP contribution in [0.1, 0.15) is 6.92 Å². The van der Waals surface area contributed by atoms with Gasteiger partial charge >= 0.3 is 0 Å². The largest absolute Gasteiger partial charge is 0.259 e. The van der Waals surface area contributed by atoms with Crippen LogP contribution in [0.3, 0.4) is 0 Å². The monoisotopic (exact) mass is 238 g/mol. The summed E-state index contributed by atoms with van der Waals surface area (Å²) in [5, 5.41) is 0. The number of rotatable bonds is 2. The van der Waals surface area contributed by atoms with Gasteiger partial charge in [0, 0.05) is 6.92 Å². The van der Waals surface area contributed by atoms with E-state index in [9.17, 15) is 13.2 Å². The van der Waals surface area contributed by atoms with Gasteiger partial charge in [0.05, 0.1) is 0 Å². The Balaban J connectivity index is 3.62. The molecule has 0 aliphatic rings. The maximum absolute atomic E-state index is 11.9. The van der Waals surface area contributed by atoms with Crippen LogP contribution in [0.4, 0.5) is 13.2 Å². The Labute approximate surface area is 59.6 Å². The quantitative estimate of drug-likeness (QED) is 0.511. The molecule has 0 N–H and O–H groups in total. The van der Waals surface area contributed by atoms with Crippen molar-refractivity contribution in [1.82, 2.24) is 0 Å². The minimum atomic E-state index is -2.88. The van der Waals surface area contributed by atoms with Crippen molar-refractivity contribution in [2.24, 2.45) is 0 Å². The maximum atomic E-state index is 11.9. The summed E-state index contributed by atoms with van der Waals surface area (Å²) in [5.74, 6) is -2.88. The van der Waals surface area contributed by atoms with Crippen molar-refractivity contribution in [2.75, 3.05) is 6.67 Å². The van der Waals surface area contributed by atoms with E-state index in [0.717, 1.165) is 0 Å². The van der Waals surface area contributed by atoms with Crippen molar-refractivity contribution in [3.8, 4) is 0 Å². The van der Waals surface area contributed by atoms with Crippen LogP contribution in [-0.2, 0) is 0 Å². The molecule has 0 aromatic heterocycles. The molecule has 1 unspecified atom stereocenters. The number of halogens is 4. The Kier molecular flexibility index (Phi) is 3.08. The molecule has 0 aliphatic heterocycles. The predicted molar refractivity (Wildman–Crippen MR) is 34.4 cm³/mol. The Morgan fingerprint density at radius 1 is 1.62 bits per heavy atom. The van der Waals surface area contributed by atoms with Crippen LogP contribution in [0.5, 0.6) is 0 Å². The summed E-state index contributed by atoms with van der Waals surface area (Å²) in [5.41, 5.74) is 0. The van der Waals surface area contributed by atoms with Gasteiger partial charge < -0.3 is 0 Å². The highest BCUT2D eigenvalue weighted by atomic mass is 127. The Morgan fingerprint density at radius 2 is 2.00 bits per heavy atom. The van der Waals surface area contributed by atoms with Gasteiger partial charge in [-0.3, -0.25) is 0 Å². The first-order valence-electron chi connectivity index (χ1n) is 2.06. The molecule has 0 heterocycles. The Morgan fingerprint density at radius 3 is 2.00 bits per heavy atom. The minimum Gasteiger partial charge on any atom is -0.250 e. The molecule has 0 radical (unpaired) electrons. The summed E-state index contributed by atoms with van der Waals surface area (Å²) in [6.45, 7) is -0.256. The van der Waals surface area contributed by atoms with Crippen molar-refractivity contribution in [2.45, 2.75) is 16.8 Å². The topological polar surface area (TPSA) is 0 Å². The fourth-order valence-electron chi connectivity index (χ4n) is 0.135. The van der Waals surface area contributed by atoms with E-state index in [1.165, 1.54) is 22.6 Å². The van der Waals surface area contributed by atoms with Gasteiger partial charge in [-0.05, 0) is 0 Å². The molecule has 0 amide bonds. The molecule has 0 saturated carbocycles. The van der Waals surface area contributed by atoms with Gasteiger partial charge in [0.15, 0.2) is 0 Å². The molecule has 0 fully saturated rings. The summed E-state index contributed by atoms with van der Waals surface area (Å²) >= 11 is 1.39.